The molecule has 6 heteroatoms. The number of anilines is 1. The molecule has 1 aromatic heterocycles. The van der Waals surface area contributed by atoms with E-state index in [1.54, 1.807) is 24.5 Å². The van der Waals surface area contributed by atoms with Crippen LogP contribution in [-0.4, -0.2) is 47.3 Å². The quantitative estimate of drug-likeness (QED) is 0.754. The molecule has 16 heavy (non-hydrogen) atoms. The summed E-state index contributed by atoms with van der Waals surface area (Å²) in [5.74, 6) is 0.0282. The minimum atomic E-state index is -0.425. The molecule has 0 aliphatic carbocycles. The second-order valence-electron chi connectivity index (χ2n) is 3.74. The van der Waals surface area contributed by atoms with E-state index in [0.717, 1.165) is 31.3 Å². The molecule has 1 saturated heterocycles. The molecular formula is C10H14ClN3OS. The molecule has 1 unspecified atom stereocenters. The van der Waals surface area contributed by atoms with E-state index in [4.69, 9.17) is 11.6 Å². The van der Waals surface area contributed by atoms with Crippen LogP contribution in [0.5, 0.6) is 0 Å². The van der Waals surface area contributed by atoms with Gasteiger partial charge in [0.15, 0.2) is 5.13 Å². The fourth-order valence-corrected chi connectivity index (χ4v) is 2.58. The maximum absolute atomic E-state index is 11.7. The molecule has 88 valence electrons. The summed E-state index contributed by atoms with van der Waals surface area (Å²) in [7, 11) is 0. The van der Waals surface area contributed by atoms with Crippen LogP contribution < -0.4 is 4.90 Å². The van der Waals surface area contributed by atoms with Crippen LogP contribution in [-0.2, 0) is 4.79 Å². The Morgan fingerprint density at radius 3 is 2.69 bits per heavy atom. The fourth-order valence-electron chi connectivity index (χ4n) is 1.74. The number of aromatic nitrogens is 1. The Bertz CT molecular complexity index is 347. The predicted molar refractivity (Wildman–Crippen MR) is 66.2 cm³/mol. The number of thiazole rings is 1. The van der Waals surface area contributed by atoms with Crippen LogP contribution >= 0.6 is 22.9 Å². The summed E-state index contributed by atoms with van der Waals surface area (Å²) in [6.07, 6.45) is 1.80. The Labute approximate surface area is 104 Å². The third kappa shape index (κ3) is 2.47. The number of carbonyl (C=O) groups excluding carboxylic acids is 1. The maximum Gasteiger partial charge on any atom is 0.240 e. The van der Waals surface area contributed by atoms with Crippen LogP contribution in [0, 0.1) is 0 Å². The van der Waals surface area contributed by atoms with E-state index < -0.39 is 5.38 Å². The minimum absolute atomic E-state index is 0.0282. The number of hydrogen-bond donors (Lipinski definition) is 0. The van der Waals surface area contributed by atoms with E-state index in [-0.39, 0.29) is 5.91 Å². The average molecular weight is 260 g/mol. The number of rotatable bonds is 2. The zero-order valence-electron chi connectivity index (χ0n) is 9.10. The Morgan fingerprint density at radius 2 is 2.19 bits per heavy atom. The van der Waals surface area contributed by atoms with Crippen molar-refractivity contribution >= 4 is 34.0 Å². The third-order valence-electron chi connectivity index (χ3n) is 2.62. The molecule has 0 saturated carbocycles. The summed E-state index contributed by atoms with van der Waals surface area (Å²) in [4.78, 5) is 19.9. The number of carbonyl (C=O) groups is 1. The van der Waals surface area contributed by atoms with Crippen molar-refractivity contribution in [1.29, 1.82) is 0 Å². The van der Waals surface area contributed by atoms with E-state index in [2.05, 4.69) is 9.88 Å². The standard InChI is InChI=1S/C10H14ClN3OS/c1-8(11)9(15)13-3-5-14(6-4-13)10-12-2-7-16-10/h2,7-8H,3-6H2,1H3. The first-order valence-corrected chi connectivity index (χ1v) is 6.57. The first-order chi connectivity index (χ1) is 7.68. The highest BCUT2D eigenvalue weighted by Gasteiger charge is 2.24. The summed E-state index contributed by atoms with van der Waals surface area (Å²) in [5.41, 5.74) is 0. The van der Waals surface area contributed by atoms with Crippen LogP contribution in [0.2, 0.25) is 0 Å². The molecule has 2 rings (SSSR count). The summed E-state index contributed by atoms with van der Waals surface area (Å²) >= 11 is 7.41. The molecule has 4 nitrogen and oxygen atoms in total. The van der Waals surface area contributed by atoms with Gasteiger partial charge >= 0.3 is 0 Å². The molecule has 0 aromatic carbocycles. The lowest BCUT2D eigenvalue weighted by Gasteiger charge is -2.35. The molecule has 1 aliphatic heterocycles. The molecule has 1 fully saturated rings. The van der Waals surface area contributed by atoms with Gasteiger partial charge in [-0.3, -0.25) is 4.79 Å². The van der Waals surface area contributed by atoms with Crippen LogP contribution in [0.3, 0.4) is 0 Å². The van der Waals surface area contributed by atoms with Crippen molar-refractivity contribution in [1.82, 2.24) is 9.88 Å². The second-order valence-corrected chi connectivity index (χ2v) is 5.27. The van der Waals surface area contributed by atoms with Gasteiger partial charge in [0.05, 0.1) is 0 Å². The monoisotopic (exact) mass is 259 g/mol. The second kappa shape index (κ2) is 5.01. The molecule has 0 bridgehead atoms. The van der Waals surface area contributed by atoms with Crippen molar-refractivity contribution in [3.05, 3.63) is 11.6 Å². The van der Waals surface area contributed by atoms with Crippen molar-refractivity contribution in [3.8, 4) is 0 Å². The van der Waals surface area contributed by atoms with Gasteiger partial charge in [-0.05, 0) is 6.92 Å². The Hall–Kier alpha value is -0.810. The van der Waals surface area contributed by atoms with Crippen LogP contribution in [0.15, 0.2) is 11.6 Å². The lowest BCUT2D eigenvalue weighted by atomic mass is 10.3. The highest BCUT2D eigenvalue weighted by atomic mass is 35.5. The predicted octanol–water partition coefficient (Wildman–Crippen LogP) is 1.42. The van der Waals surface area contributed by atoms with Crippen LogP contribution in [0.25, 0.3) is 0 Å². The van der Waals surface area contributed by atoms with Crippen molar-refractivity contribution in [3.63, 3.8) is 0 Å². The van der Waals surface area contributed by atoms with Crippen LogP contribution in [0.4, 0.5) is 5.13 Å². The number of hydrogen-bond acceptors (Lipinski definition) is 4. The normalized spacial score (nSPS) is 18.6. The van der Waals surface area contributed by atoms with Gasteiger partial charge in [-0.25, -0.2) is 4.98 Å². The van der Waals surface area contributed by atoms with E-state index in [1.165, 1.54) is 0 Å². The number of amides is 1. The third-order valence-corrected chi connectivity index (χ3v) is 3.64. The summed E-state index contributed by atoms with van der Waals surface area (Å²) in [6, 6.07) is 0. The van der Waals surface area contributed by atoms with E-state index in [0.29, 0.717) is 0 Å². The minimum Gasteiger partial charge on any atom is -0.345 e. The smallest absolute Gasteiger partial charge is 0.240 e. The topological polar surface area (TPSA) is 36.4 Å². The SMILES string of the molecule is CC(Cl)C(=O)N1CCN(c2nccs2)CC1. The van der Waals surface area contributed by atoms with E-state index in [1.807, 2.05) is 10.3 Å². The zero-order chi connectivity index (χ0) is 11.5. The molecule has 1 aliphatic rings. The van der Waals surface area contributed by atoms with E-state index in [9.17, 15) is 4.79 Å². The van der Waals surface area contributed by atoms with Gasteiger partial charge in [0, 0.05) is 37.8 Å². The van der Waals surface area contributed by atoms with Gasteiger partial charge in [-0.2, -0.15) is 0 Å². The lowest BCUT2D eigenvalue weighted by molar-refractivity contribution is -0.130. The molecule has 0 spiro atoms. The zero-order valence-corrected chi connectivity index (χ0v) is 10.7. The molecule has 1 atom stereocenters. The molecule has 1 aromatic rings. The lowest BCUT2D eigenvalue weighted by Crippen LogP contribution is -2.50. The van der Waals surface area contributed by atoms with Crippen molar-refractivity contribution in [2.75, 3.05) is 31.1 Å². The fraction of sp³-hybridized carbons (Fsp3) is 0.600. The van der Waals surface area contributed by atoms with Gasteiger partial charge in [0.1, 0.15) is 5.38 Å². The molecule has 0 N–H and O–H groups in total. The Kier molecular flexibility index (Phi) is 3.66. The largest absolute Gasteiger partial charge is 0.345 e. The summed E-state index contributed by atoms with van der Waals surface area (Å²) in [6.45, 7) is 4.85. The first-order valence-electron chi connectivity index (χ1n) is 5.26. The van der Waals surface area contributed by atoms with Gasteiger partial charge in [0.25, 0.3) is 0 Å². The Morgan fingerprint density at radius 1 is 1.50 bits per heavy atom. The van der Waals surface area contributed by atoms with Crippen molar-refractivity contribution in [2.24, 2.45) is 0 Å². The molecule has 0 radical (unpaired) electrons. The van der Waals surface area contributed by atoms with Gasteiger partial charge in [-0.15, -0.1) is 22.9 Å². The average Bonchev–Trinajstić information content (AvgIpc) is 2.81. The van der Waals surface area contributed by atoms with E-state index >= 15 is 0 Å². The summed E-state index contributed by atoms with van der Waals surface area (Å²) < 4.78 is 0. The number of halogens is 1. The van der Waals surface area contributed by atoms with Crippen molar-refractivity contribution in [2.45, 2.75) is 12.3 Å². The van der Waals surface area contributed by atoms with Gasteiger partial charge in [0.2, 0.25) is 5.91 Å². The van der Waals surface area contributed by atoms with Crippen LogP contribution in [0.1, 0.15) is 6.92 Å². The number of alkyl halides is 1. The molecular weight excluding hydrogens is 246 g/mol. The van der Waals surface area contributed by atoms with Crippen molar-refractivity contribution < 1.29 is 4.79 Å². The number of piperazine rings is 1. The highest BCUT2D eigenvalue weighted by Crippen LogP contribution is 2.19. The molecule has 2 heterocycles. The van der Waals surface area contributed by atoms with Gasteiger partial charge in [-0.1, -0.05) is 0 Å². The maximum atomic E-state index is 11.7. The highest BCUT2D eigenvalue weighted by molar-refractivity contribution is 7.13. The number of nitrogens with zero attached hydrogens (tertiary/aromatic N) is 3. The Balaban J connectivity index is 1.90. The molecule has 1 amide bonds. The summed E-state index contributed by atoms with van der Waals surface area (Å²) in [5, 5.41) is 2.57. The van der Waals surface area contributed by atoms with Gasteiger partial charge < -0.3 is 9.80 Å². The first kappa shape index (κ1) is 11.7.